The van der Waals surface area contributed by atoms with Gasteiger partial charge in [0, 0.05) is 17.3 Å². The number of nitrogens with zero attached hydrogens (tertiary/aromatic N) is 5. The van der Waals surface area contributed by atoms with Crippen LogP contribution in [0.3, 0.4) is 0 Å². The van der Waals surface area contributed by atoms with Gasteiger partial charge in [-0.05, 0) is 49.5 Å². The molecule has 0 amide bonds. The van der Waals surface area contributed by atoms with Gasteiger partial charge in [-0.25, -0.2) is 19.9 Å². The molecule has 0 aliphatic heterocycles. The van der Waals surface area contributed by atoms with Crippen LogP contribution in [0.4, 0.5) is 0 Å². The lowest BCUT2D eigenvalue weighted by atomic mass is 9.98. The fraction of sp³-hybridized carbons (Fsp3) is 0.152. The first-order valence-electron chi connectivity index (χ1n) is 12.7. The minimum Gasteiger partial charge on any atom is -0.305 e. The third kappa shape index (κ3) is 6.01. The number of rotatable bonds is 8. The normalized spacial score (nSPS) is 16.0. The van der Waals surface area contributed by atoms with Crippen LogP contribution in [0.15, 0.2) is 97.7 Å². The standard InChI is InChI=1S/C33H33N5/c1-7-27(8-2)32-35-31(36-33(37-32)29-18-15-23(4)16-19-29)24(5)34-25(6)38-22-21-28(30(38)9-3)20-17-26-13-11-10-12-14-26/h7-15,17-23H,1,3,5,16H2,2,4,6H3/b20-17+,27-8+,34-25+/t23-/m0/s1. The summed E-state index contributed by atoms with van der Waals surface area (Å²) in [5, 5.41) is 0. The molecule has 0 N–H and O–H groups in total. The summed E-state index contributed by atoms with van der Waals surface area (Å²) in [6.45, 7) is 18.2. The lowest BCUT2D eigenvalue weighted by molar-refractivity contribution is 0.737. The smallest absolute Gasteiger partial charge is 0.181 e. The Morgan fingerprint density at radius 3 is 2.47 bits per heavy atom. The Kier molecular flexibility index (Phi) is 8.39. The van der Waals surface area contributed by atoms with Crippen LogP contribution in [0.2, 0.25) is 0 Å². The van der Waals surface area contributed by atoms with Crippen molar-refractivity contribution >= 4 is 40.9 Å². The summed E-state index contributed by atoms with van der Waals surface area (Å²) < 4.78 is 1.99. The Bertz CT molecular complexity index is 1510. The predicted octanol–water partition coefficient (Wildman–Crippen LogP) is 7.99. The van der Waals surface area contributed by atoms with Crippen LogP contribution in [-0.4, -0.2) is 25.4 Å². The maximum atomic E-state index is 4.79. The second-order valence-corrected chi connectivity index (χ2v) is 9.07. The quantitative estimate of drug-likeness (QED) is 0.179. The zero-order valence-electron chi connectivity index (χ0n) is 22.3. The van der Waals surface area contributed by atoms with Crippen molar-refractivity contribution in [3.63, 3.8) is 0 Å². The van der Waals surface area contributed by atoms with E-state index in [0.717, 1.165) is 40.2 Å². The molecular weight excluding hydrogens is 466 g/mol. The first kappa shape index (κ1) is 26.4. The molecule has 3 aromatic rings. The van der Waals surface area contributed by atoms with E-state index in [4.69, 9.17) is 15.0 Å². The van der Waals surface area contributed by atoms with Gasteiger partial charge in [0.05, 0.1) is 5.69 Å². The lowest BCUT2D eigenvalue weighted by Gasteiger charge is -2.13. The number of hydrogen-bond donors (Lipinski definition) is 0. The van der Waals surface area contributed by atoms with Crippen LogP contribution in [0, 0.1) is 5.92 Å². The molecule has 0 saturated carbocycles. The van der Waals surface area contributed by atoms with Gasteiger partial charge in [0.2, 0.25) is 0 Å². The molecule has 38 heavy (non-hydrogen) atoms. The van der Waals surface area contributed by atoms with E-state index in [0.29, 0.717) is 29.1 Å². The first-order chi connectivity index (χ1) is 18.4. The molecule has 190 valence electrons. The van der Waals surface area contributed by atoms with Crippen molar-refractivity contribution in [3.05, 3.63) is 127 Å². The predicted molar refractivity (Wildman–Crippen MR) is 162 cm³/mol. The molecule has 2 heterocycles. The highest BCUT2D eigenvalue weighted by molar-refractivity contribution is 5.90. The van der Waals surface area contributed by atoms with Gasteiger partial charge in [-0.1, -0.05) is 99.5 Å². The molecule has 0 radical (unpaired) electrons. The van der Waals surface area contributed by atoms with Crippen LogP contribution < -0.4 is 0 Å². The van der Waals surface area contributed by atoms with Crippen LogP contribution in [-0.2, 0) is 0 Å². The molecule has 0 fully saturated rings. The molecular formula is C33H33N5. The number of benzene rings is 1. The van der Waals surface area contributed by atoms with Crippen molar-refractivity contribution in [2.24, 2.45) is 10.9 Å². The minimum atomic E-state index is 0.426. The highest BCUT2D eigenvalue weighted by Gasteiger charge is 2.15. The molecule has 2 aromatic heterocycles. The number of aliphatic imine (C=N–C) groups is 1. The average Bonchev–Trinajstić information content (AvgIpc) is 3.36. The molecule has 0 spiro atoms. The summed E-state index contributed by atoms with van der Waals surface area (Å²) in [5.74, 6) is 2.80. The summed E-state index contributed by atoms with van der Waals surface area (Å²) in [6, 6.07) is 12.2. The first-order valence-corrected chi connectivity index (χ1v) is 12.7. The van der Waals surface area contributed by atoms with Crippen LogP contribution in [0.25, 0.3) is 35.1 Å². The maximum absolute atomic E-state index is 4.79. The Labute approximate surface area is 225 Å². The Morgan fingerprint density at radius 1 is 1.05 bits per heavy atom. The molecule has 0 saturated heterocycles. The van der Waals surface area contributed by atoms with Crippen molar-refractivity contribution in [1.82, 2.24) is 19.5 Å². The topological polar surface area (TPSA) is 56.0 Å². The SMILES string of the molecule is C=C/C(=C\C)c1nc(C(=C)/N=C(\C)n2ccc(/C=C/c3ccccc3)c2C=C)nc(C2=CC[C@@H](C)C=C2)n1. The van der Waals surface area contributed by atoms with Gasteiger partial charge in [-0.15, -0.1) is 0 Å². The second kappa shape index (κ2) is 12.1. The molecule has 5 heteroatoms. The van der Waals surface area contributed by atoms with Crippen LogP contribution >= 0.6 is 0 Å². The molecule has 0 unspecified atom stereocenters. The zero-order valence-corrected chi connectivity index (χ0v) is 22.3. The average molecular weight is 500 g/mol. The van der Waals surface area contributed by atoms with Gasteiger partial charge >= 0.3 is 0 Å². The van der Waals surface area contributed by atoms with Crippen molar-refractivity contribution in [2.45, 2.75) is 27.2 Å². The van der Waals surface area contributed by atoms with Gasteiger partial charge in [-0.2, -0.15) is 0 Å². The summed E-state index contributed by atoms with van der Waals surface area (Å²) in [5.41, 5.74) is 5.36. The van der Waals surface area contributed by atoms with E-state index in [2.05, 4.69) is 74.2 Å². The fourth-order valence-corrected chi connectivity index (χ4v) is 4.14. The van der Waals surface area contributed by atoms with Crippen molar-refractivity contribution in [2.75, 3.05) is 0 Å². The number of allylic oxidation sites excluding steroid dienone is 7. The molecule has 1 aromatic carbocycles. The fourth-order valence-electron chi connectivity index (χ4n) is 4.14. The monoisotopic (exact) mass is 499 g/mol. The molecule has 4 rings (SSSR count). The summed E-state index contributed by atoms with van der Waals surface area (Å²) >= 11 is 0. The van der Waals surface area contributed by atoms with Crippen molar-refractivity contribution < 1.29 is 0 Å². The van der Waals surface area contributed by atoms with Crippen molar-refractivity contribution in [1.29, 1.82) is 0 Å². The van der Waals surface area contributed by atoms with E-state index in [1.807, 2.05) is 61.0 Å². The van der Waals surface area contributed by atoms with Crippen molar-refractivity contribution in [3.8, 4) is 0 Å². The molecule has 1 aliphatic carbocycles. The summed E-state index contributed by atoms with van der Waals surface area (Å²) in [4.78, 5) is 18.9. The lowest BCUT2D eigenvalue weighted by Crippen LogP contribution is -2.10. The highest BCUT2D eigenvalue weighted by atomic mass is 15.1. The van der Waals surface area contributed by atoms with Gasteiger partial charge in [0.25, 0.3) is 0 Å². The van der Waals surface area contributed by atoms with E-state index in [-0.39, 0.29) is 0 Å². The van der Waals surface area contributed by atoms with Gasteiger partial charge in [0.1, 0.15) is 11.5 Å². The highest BCUT2D eigenvalue weighted by Crippen LogP contribution is 2.25. The largest absolute Gasteiger partial charge is 0.305 e. The molecule has 5 nitrogen and oxygen atoms in total. The second-order valence-electron chi connectivity index (χ2n) is 9.07. The van der Waals surface area contributed by atoms with E-state index in [9.17, 15) is 0 Å². The third-order valence-electron chi connectivity index (χ3n) is 6.31. The number of hydrogen-bond acceptors (Lipinski definition) is 4. The van der Waals surface area contributed by atoms with Crippen LogP contribution in [0.1, 0.15) is 61.5 Å². The summed E-state index contributed by atoms with van der Waals surface area (Å²) in [6.07, 6.45) is 19.0. The van der Waals surface area contributed by atoms with E-state index >= 15 is 0 Å². The van der Waals surface area contributed by atoms with Gasteiger partial charge in [0.15, 0.2) is 17.5 Å². The van der Waals surface area contributed by atoms with Gasteiger partial charge < -0.3 is 4.57 Å². The summed E-state index contributed by atoms with van der Waals surface area (Å²) in [7, 11) is 0. The van der Waals surface area contributed by atoms with Crippen LogP contribution in [0.5, 0.6) is 0 Å². The Balaban J connectivity index is 1.68. The van der Waals surface area contributed by atoms with E-state index < -0.39 is 0 Å². The molecule has 1 atom stereocenters. The Morgan fingerprint density at radius 2 is 1.82 bits per heavy atom. The maximum Gasteiger partial charge on any atom is 0.181 e. The molecule has 1 aliphatic rings. The minimum absolute atomic E-state index is 0.426. The third-order valence-corrected chi connectivity index (χ3v) is 6.31. The van der Waals surface area contributed by atoms with E-state index in [1.165, 1.54) is 0 Å². The zero-order chi connectivity index (χ0) is 27.1. The number of aromatic nitrogens is 4. The van der Waals surface area contributed by atoms with Gasteiger partial charge in [-0.3, -0.25) is 0 Å². The van der Waals surface area contributed by atoms with E-state index in [1.54, 1.807) is 6.08 Å². The Hall–Kier alpha value is -4.64. The molecule has 0 bridgehead atoms.